The van der Waals surface area contributed by atoms with Crippen molar-refractivity contribution in [3.05, 3.63) is 27.7 Å². The molecule has 0 spiro atoms. The lowest BCUT2D eigenvalue weighted by atomic mass is 10.1. The molecule has 1 heterocycles. The third-order valence-corrected chi connectivity index (χ3v) is 3.22. The Balaban J connectivity index is 2.13. The van der Waals surface area contributed by atoms with Gasteiger partial charge in [0.15, 0.2) is 0 Å². The van der Waals surface area contributed by atoms with Crippen LogP contribution in [0.2, 0.25) is 10.0 Å². The first-order valence-electron chi connectivity index (χ1n) is 5.27. The fourth-order valence-corrected chi connectivity index (χ4v) is 2.39. The monoisotopic (exact) mass is 260 g/mol. The second-order valence-corrected chi connectivity index (χ2v) is 4.77. The molecule has 0 unspecified atom stereocenters. The number of benzene rings is 1. The molecule has 2 rings (SSSR count). The Kier molecular flexibility index (Phi) is 3.92. The van der Waals surface area contributed by atoms with Crippen molar-refractivity contribution in [3.8, 4) is 5.75 Å². The Morgan fingerprint density at radius 1 is 1.25 bits per heavy atom. The molecule has 0 atom stereocenters. The summed E-state index contributed by atoms with van der Waals surface area (Å²) in [5.74, 6) is 0.143. The van der Waals surface area contributed by atoms with Crippen LogP contribution in [0.4, 0.5) is 0 Å². The van der Waals surface area contributed by atoms with E-state index < -0.39 is 0 Å². The minimum atomic E-state index is 0.143. The van der Waals surface area contributed by atoms with Gasteiger partial charge in [0, 0.05) is 43.3 Å². The molecule has 3 nitrogen and oxygen atoms in total. The molecule has 0 bridgehead atoms. The minimum Gasteiger partial charge on any atom is -0.506 e. The minimum absolute atomic E-state index is 0.143. The highest BCUT2D eigenvalue weighted by atomic mass is 35.5. The smallest absolute Gasteiger partial charge is 0.138 e. The van der Waals surface area contributed by atoms with Crippen LogP contribution in [0.15, 0.2) is 12.1 Å². The summed E-state index contributed by atoms with van der Waals surface area (Å²) in [6.07, 6.45) is 0. The van der Waals surface area contributed by atoms with Gasteiger partial charge in [0.25, 0.3) is 0 Å². The molecule has 5 heteroatoms. The molecular formula is C11H14Cl2N2O. The molecule has 1 aromatic carbocycles. The van der Waals surface area contributed by atoms with E-state index >= 15 is 0 Å². The fraction of sp³-hybridized carbons (Fsp3) is 0.455. The highest BCUT2D eigenvalue weighted by Gasteiger charge is 2.14. The first-order chi connectivity index (χ1) is 7.66. The van der Waals surface area contributed by atoms with Crippen molar-refractivity contribution in [2.24, 2.45) is 0 Å². The van der Waals surface area contributed by atoms with Crippen LogP contribution in [0.3, 0.4) is 0 Å². The maximum Gasteiger partial charge on any atom is 0.138 e. The lowest BCUT2D eigenvalue weighted by Crippen LogP contribution is -2.42. The van der Waals surface area contributed by atoms with E-state index in [1.165, 1.54) is 0 Å². The molecular weight excluding hydrogens is 247 g/mol. The predicted octanol–water partition coefficient (Wildman–Crippen LogP) is 2.10. The van der Waals surface area contributed by atoms with Crippen molar-refractivity contribution >= 4 is 23.2 Å². The number of piperazine rings is 1. The van der Waals surface area contributed by atoms with Crippen LogP contribution in [0.5, 0.6) is 5.75 Å². The number of hydrogen-bond acceptors (Lipinski definition) is 3. The van der Waals surface area contributed by atoms with Crippen molar-refractivity contribution in [1.82, 2.24) is 10.2 Å². The largest absolute Gasteiger partial charge is 0.506 e. The van der Waals surface area contributed by atoms with E-state index in [0.717, 1.165) is 31.7 Å². The van der Waals surface area contributed by atoms with Crippen molar-refractivity contribution in [2.75, 3.05) is 26.2 Å². The Morgan fingerprint density at radius 3 is 2.62 bits per heavy atom. The van der Waals surface area contributed by atoms with Crippen LogP contribution < -0.4 is 5.32 Å². The van der Waals surface area contributed by atoms with E-state index in [4.69, 9.17) is 23.2 Å². The number of phenolic OH excluding ortho intramolecular Hbond substituents is 1. The molecule has 0 aromatic heterocycles. The molecule has 1 fully saturated rings. The van der Waals surface area contributed by atoms with Gasteiger partial charge < -0.3 is 10.4 Å². The lowest BCUT2D eigenvalue weighted by molar-refractivity contribution is 0.230. The summed E-state index contributed by atoms with van der Waals surface area (Å²) in [5.41, 5.74) is 0.791. The SMILES string of the molecule is Oc1c(Cl)cc(Cl)cc1CN1CCNCC1. The summed E-state index contributed by atoms with van der Waals surface area (Å²) in [7, 11) is 0. The summed E-state index contributed by atoms with van der Waals surface area (Å²) in [6.45, 7) is 4.60. The second kappa shape index (κ2) is 5.23. The molecule has 0 saturated carbocycles. The Hall–Kier alpha value is -0.480. The number of aromatic hydroxyl groups is 1. The van der Waals surface area contributed by atoms with Crippen molar-refractivity contribution in [3.63, 3.8) is 0 Å². The van der Waals surface area contributed by atoms with E-state index in [1.54, 1.807) is 12.1 Å². The topological polar surface area (TPSA) is 35.5 Å². The number of halogens is 2. The first kappa shape index (κ1) is 12.0. The van der Waals surface area contributed by atoms with Crippen molar-refractivity contribution in [2.45, 2.75) is 6.54 Å². The fourth-order valence-electron chi connectivity index (χ4n) is 1.85. The maximum atomic E-state index is 9.82. The van der Waals surface area contributed by atoms with Crippen LogP contribution in [-0.2, 0) is 6.54 Å². The zero-order valence-corrected chi connectivity index (χ0v) is 10.4. The molecule has 1 saturated heterocycles. The normalized spacial score (nSPS) is 17.6. The van der Waals surface area contributed by atoms with Gasteiger partial charge in [0.1, 0.15) is 5.75 Å². The zero-order valence-electron chi connectivity index (χ0n) is 8.84. The molecule has 1 aliphatic rings. The third kappa shape index (κ3) is 2.80. The summed E-state index contributed by atoms with van der Waals surface area (Å²) >= 11 is 11.8. The number of phenols is 1. The molecule has 1 aliphatic heterocycles. The van der Waals surface area contributed by atoms with Gasteiger partial charge >= 0.3 is 0 Å². The molecule has 0 aliphatic carbocycles. The molecule has 1 aromatic rings. The molecule has 0 amide bonds. The van der Waals surface area contributed by atoms with Crippen molar-refractivity contribution < 1.29 is 5.11 Å². The van der Waals surface area contributed by atoms with Crippen LogP contribution in [-0.4, -0.2) is 36.2 Å². The summed E-state index contributed by atoms with van der Waals surface area (Å²) in [6, 6.07) is 3.32. The van der Waals surface area contributed by atoms with Crippen LogP contribution in [0.25, 0.3) is 0 Å². The Morgan fingerprint density at radius 2 is 1.94 bits per heavy atom. The Labute approximate surface area is 105 Å². The molecule has 0 radical (unpaired) electrons. The van der Waals surface area contributed by atoms with Gasteiger partial charge in [-0.2, -0.15) is 0 Å². The van der Waals surface area contributed by atoms with Crippen molar-refractivity contribution in [1.29, 1.82) is 0 Å². The van der Waals surface area contributed by atoms with Gasteiger partial charge in [-0.05, 0) is 12.1 Å². The first-order valence-corrected chi connectivity index (χ1v) is 6.02. The summed E-state index contributed by atoms with van der Waals surface area (Å²) < 4.78 is 0. The number of nitrogens with zero attached hydrogens (tertiary/aromatic N) is 1. The number of nitrogens with one attached hydrogen (secondary N) is 1. The van der Waals surface area contributed by atoms with Gasteiger partial charge in [-0.3, -0.25) is 4.90 Å². The molecule has 2 N–H and O–H groups in total. The highest BCUT2D eigenvalue weighted by Crippen LogP contribution is 2.31. The summed E-state index contributed by atoms with van der Waals surface area (Å²) in [4.78, 5) is 2.26. The van der Waals surface area contributed by atoms with E-state index in [0.29, 0.717) is 16.6 Å². The molecule has 88 valence electrons. The van der Waals surface area contributed by atoms with Crippen LogP contribution in [0.1, 0.15) is 5.56 Å². The van der Waals surface area contributed by atoms with E-state index in [2.05, 4.69) is 10.2 Å². The quantitative estimate of drug-likeness (QED) is 0.855. The average Bonchev–Trinajstić information content (AvgIpc) is 2.27. The second-order valence-electron chi connectivity index (χ2n) is 3.92. The van der Waals surface area contributed by atoms with Gasteiger partial charge in [0.2, 0.25) is 0 Å². The van der Waals surface area contributed by atoms with Crippen LogP contribution in [0, 0.1) is 0 Å². The van der Waals surface area contributed by atoms with Gasteiger partial charge in [-0.25, -0.2) is 0 Å². The van der Waals surface area contributed by atoms with E-state index in [1.807, 2.05) is 0 Å². The molecule has 16 heavy (non-hydrogen) atoms. The van der Waals surface area contributed by atoms with Gasteiger partial charge in [-0.1, -0.05) is 23.2 Å². The number of rotatable bonds is 2. The van der Waals surface area contributed by atoms with Gasteiger partial charge in [-0.15, -0.1) is 0 Å². The van der Waals surface area contributed by atoms with Crippen LogP contribution >= 0.6 is 23.2 Å². The number of hydrogen-bond donors (Lipinski definition) is 2. The maximum absolute atomic E-state index is 9.82. The summed E-state index contributed by atoms with van der Waals surface area (Å²) in [5, 5.41) is 14.0. The highest BCUT2D eigenvalue weighted by molar-refractivity contribution is 6.35. The van der Waals surface area contributed by atoms with Gasteiger partial charge in [0.05, 0.1) is 5.02 Å². The predicted molar refractivity (Wildman–Crippen MR) is 66.3 cm³/mol. The Bertz CT molecular complexity index is 378. The third-order valence-electron chi connectivity index (χ3n) is 2.71. The lowest BCUT2D eigenvalue weighted by Gasteiger charge is -2.27. The zero-order chi connectivity index (χ0) is 11.5. The van der Waals surface area contributed by atoms with E-state index in [-0.39, 0.29) is 5.75 Å². The standard InChI is InChI=1S/C11H14Cl2N2O/c12-9-5-8(11(16)10(13)6-9)7-15-3-1-14-2-4-15/h5-6,14,16H,1-4,7H2. The van der Waals surface area contributed by atoms with E-state index in [9.17, 15) is 5.11 Å². The average molecular weight is 261 g/mol.